The van der Waals surface area contributed by atoms with E-state index >= 15 is 0 Å². The molecule has 0 saturated carbocycles. The summed E-state index contributed by atoms with van der Waals surface area (Å²) in [5.41, 5.74) is 1.67. The predicted octanol–water partition coefficient (Wildman–Crippen LogP) is 4.04. The summed E-state index contributed by atoms with van der Waals surface area (Å²) in [6.07, 6.45) is 1.32. The smallest absolute Gasteiger partial charge is 0.274 e. The first-order valence-corrected chi connectivity index (χ1v) is 7.82. The zero-order valence-corrected chi connectivity index (χ0v) is 13.6. The topological polar surface area (TPSA) is 66.9 Å². The molecule has 126 valence electrons. The van der Waals surface area contributed by atoms with Crippen LogP contribution < -0.4 is 10.6 Å². The van der Waals surface area contributed by atoms with E-state index in [-0.39, 0.29) is 11.7 Å². The Balaban J connectivity index is 1.71. The van der Waals surface area contributed by atoms with Crippen LogP contribution in [0.1, 0.15) is 29.0 Å². The molecule has 25 heavy (non-hydrogen) atoms. The van der Waals surface area contributed by atoms with Gasteiger partial charge in [0.1, 0.15) is 23.7 Å². The molecule has 1 amide bonds. The molecule has 0 aliphatic rings. The lowest BCUT2D eigenvalue weighted by atomic mass is 10.1. The van der Waals surface area contributed by atoms with Crippen LogP contribution in [-0.4, -0.2) is 15.9 Å². The van der Waals surface area contributed by atoms with Gasteiger partial charge in [-0.3, -0.25) is 4.79 Å². The molecule has 0 fully saturated rings. The van der Waals surface area contributed by atoms with Crippen LogP contribution >= 0.6 is 0 Å². The van der Waals surface area contributed by atoms with Gasteiger partial charge in [0.15, 0.2) is 0 Å². The van der Waals surface area contributed by atoms with Crippen molar-refractivity contribution in [2.45, 2.75) is 13.0 Å². The Kier molecular flexibility index (Phi) is 4.99. The number of nitrogens with zero attached hydrogens (tertiary/aromatic N) is 2. The van der Waals surface area contributed by atoms with Crippen LogP contribution in [0.15, 0.2) is 67.0 Å². The fraction of sp³-hybridized carbons (Fsp3) is 0.105. The van der Waals surface area contributed by atoms with Gasteiger partial charge >= 0.3 is 0 Å². The van der Waals surface area contributed by atoms with E-state index in [9.17, 15) is 9.18 Å². The number of hydrogen-bond donors (Lipinski definition) is 2. The highest BCUT2D eigenvalue weighted by atomic mass is 19.1. The van der Waals surface area contributed by atoms with Crippen molar-refractivity contribution < 1.29 is 9.18 Å². The number of hydrogen-bond acceptors (Lipinski definition) is 4. The third-order valence-corrected chi connectivity index (χ3v) is 3.65. The molecule has 0 aliphatic carbocycles. The maximum atomic E-state index is 13.2. The molecule has 3 rings (SSSR count). The van der Waals surface area contributed by atoms with Gasteiger partial charge in [-0.25, -0.2) is 14.4 Å². The summed E-state index contributed by atoms with van der Waals surface area (Å²) in [6, 6.07) is 17.2. The summed E-state index contributed by atoms with van der Waals surface area (Å²) in [7, 11) is 0. The zero-order valence-electron chi connectivity index (χ0n) is 13.6. The summed E-state index contributed by atoms with van der Waals surface area (Å²) in [5, 5.41) is 5.85. The van der Waals surface area contributed by atoms with E-state index in [0.717, 1.165) is 5.56 Å². The minimum atomic E-state index is -0.427. The highest BCUT2D eigenvalue weighted by molar-refractivity contribution is 6.03. The number of amides is 1. The summed E-state index contributed by atoms with van der Waals surface area (Å²) in [4.78, 5) is 20.4. The Morgan fingerprint density at radius 3 is 2.60 bits per heavy atom. The van der Waals surface area contributed by atoms with Gasteiger partial charge in [0.05, 0.1) is 0 Å². The van der Waals surface area contributed by atoms with Crippen molar-refractivity contribution in [3.8, 4) is 0 Å². The fourth-order valence-corrected chi connectivity index (χ4v) is 2.37. The van der Waals surface area contributed by atoms with Crippen molar-refractivity contribution in [3.05, 3.63) is 84.1 Å². The number of nitrogens with one attached hydrogen (secondary N) is 2. The number of carbonyl (C=O) groups excluding carboxylic acids is 1. The molecular formula is C19H17FN4O. The van der Waals surface area contributed by atoms with E-state index in [1.807, 2.05) is 37.3 Å². The molecule has 5 nitrogen and oxygen atoms in total. The first-order chi connectivity index (χ1) is 12.1. The lowest BCUT2D eigenvalue weighted by Gasteiger charge is -2.15. The molecule has 2 N–H and O–H groups in total. The molecule has 0 radical (unpaired) electrons. The van der Waals surface area contributed by atoms with Crippen LogP contribution in [0.25, 0.3) is 0 Å². The molecule has 1 heterocycles. The van der Waals surface area contributed by atoms with E-state index in [2.05, 4.69) is 20.6 Å². The van der Waals surface area contributed by atoms with Crippen LogP contribution in [0, 0.1) is 5.82 Å². The molecule has 0 aliphatic heterocycles. The van der Waals surface area contributed by atoms with Crippen molar-refractivity contribution in [1.29, 1.82) is 0 Å². The first-order valence-electron chi connectivity index (χ1n) is 7.82. The molecule has 6 heteroatoms. The van der Waals surface area contributed by atoms with E-state index in [1.165, 1.54) is 24.5 Å². The van der Waals surface area contributed by atoms with Crippen molar-refractivity contribution in [1.82, 2.24) is 9.97 Å². The minimum absolute atomic E-state index is 0.0234. The van der Waals surface area contributed by atoms with E-state index in [4.69, 9.17) is 0 Å². The summed E-state index contributed by atoms with van der Waals surface area (Å²) in [6.45, 7) is 2.00. The normalized spacial score (nSPS) is 11.6. The fourth-order valence-electron chi connectivity index (χ4n) is 2.37. The summed E-state index contributed by atoms with van der Waals surface area (Å²) < 4.78 is 13.2. The summed E-state index contributed by atoms with van der Waals surface area (Å²) in [5.74, 6) is -0.307. The number of anilines is 2. The second kappa shape index (κ2) is 7.53. The lowest BCUT2D eigenvalue weighted by Crippen LogP contribution is -2.15. The lowest BCUT2D eigenvalue weighted by molar-refractivity contribution is 0.102. The molecule has 1 aromatic heterocycles. The number of carbonyl (C=O) groups is 1. The van der Waals surface area contributed by atoms with Gasteiger partial charge in [0, 0.05) is 17.8 Å². The molecule has 1 atom stereocenters. The monoisotopic (exact) mass is 336 g/mol. The Morgan fingerprint density at radius 1 is 1.04 bits per heavy atom. The van der Waals surface area contributed by atoms with Crippen molar-refractivity contribution >= 4 is 17.4 Å². The molecule has 3 aromatic rings. The van der Waals surface area contributed by atoms with Gasteiger partial charge in [0.2, 0.25) is 0 Å². The number of halogens is 1. The Bertz CT molecular complexity index is 870. The number of aromatic nitrogens is 2. The molecule has 0 saturated heterocycles. The number of benzene rings is 2. The Labute approximate surface area is 145 Å². The Morgan fingerprint density at radius 2 is 1.84 bits per heavy atom. The predicted molar refractivity (Wildman–Crippen MR) is 94.9 cm³/mol. The molecule has 2 aromatic carbocycles. The van der Waals surface area contributed by atoms with Gasteiger partial charge in [-0.15, -0.1) is 0 Å². The van der Waals surface area contributed by atoms with Crippen LogP contribution in [0.2, 0.25) is 0 Å². The summed E-state index contributed by atoms with van der Waals surface area (Å²) >= 11 is 0. The highest BCUT2D eigenvalue weighted by Gasteiger charge is 2.11. The molecule has 0 spiro atoms. The third-order valence-electron chi connectivity index (χ3n) is 3.65. The van der Waals surface area contributed by atoms with Gasteiger partial charge < -0.3 is 10.6 Å². The maximum absolute atomic E-state index is 13.2. The van der Waals surface area contributed by atoms with E-state index in [0.29, 0.717) is 11.5 Å². The standard InChI is InChI=1S/C19H17FN4O/c1-13(14-6-3-2-4-7-14)23-18-11-17(21-12-22-18)19(25)24-16-9-5-8-15(20)10-16/h2-13H,1H3,(H,24,25)(H,21,22,23). The highest BCUT2D eigenvalue weighted by Crippen LogP contribution is 2.18. The Hall–Kier alpha value is -3.28. The third kappa shape index (κ3) is 4.38. The van der Waals surface area contributed by atoms with Crippen LogP contribution in [0.4, 0.5) is 15.9 Å². The van der Waals surface area contributed by atoms with Crippen LogP contribution in [-0.2, 0) is 0 Å². The zero-order chi connectivity index (χ0) is 17.6. The quantitative estimate of drug-likeness (QED) is 0.738. The maximum Gasteiger partial charge on any atom is 0.274 e. The van der Waals surface area contributed by atoms with Gasteiger partial charge in [-0.05, 0) is 30.7 Å². The van der Waals surface area contributed by atoms with Gasteiger partial charge in [0.25, 0.3) is 5.91 Å². The minimum Gasteiger partial charge on any atom is -0.363 e. The van der Waals surface area contributed by atoms with Crippen molar-refractivity contribution in [2.75, 3.05) is 10.6 Å². The average Bonchev–Trinajstić information content (AvgIpc) is 2.62. The molecular weight excluding hydrogens is 319 g/mol. The molecule has 0 bridgehead atoms. The van der Waals surface area contributed by atoms with Crippen molar-refractivity contribution in [3.63, 3.8) is 0 Å². The number of rotatable bonds is 5. The molecule has 1 unspecified atom stereocenters. The van der Waals surface area contributed by atoms with E-state index in [1.54, 1.807) is 12.1 Å². The second-order valence-electron chi connectivity index (χ2n) is 5.53. The largest absolute Gasteiger partial charge is 0.363 e. The van der Waals surface area contributed by atoms with Crippen LogP contribution in [0.3, 0.4) is 0 Å². The van der Waals surface area contributed by atoms with Crippen LogP contribution in [0.5, 0.6) is 0 Å². The van der Waals surface area contributed by atoms with E-state index < -0.39 is 11.7 Å². The SMILES string of the molecule is CC(Nc1cc(C(=O)Nc2cccc(F)c2)ncn1)c1ccccc1. The average molecular weight is 336 g/mol. The van der Waals surface area contributed by atoms with Crippen molar-refractivity contribution in [2.24, 2.45) is 0 Å². The van der Waals surface area contributed by atoms with Gasteiger partial charge in [-0.2, -0.15) is 0 Å². The first kappa shape index (κ1) is 16.6. The second-order valence-corrected chi connectivity index (χ2v) is 5.53. The van der Waals surface area contributed by atoms with Gasteiger partial charge in [-0.1, -0.05) is 36.4 Å².